The van der Waals surface area contributed by atoms with E-state index in [4.69, 9.17) is 4.42 Å². The van der Waals surface area contributed by atoms with Gasteiger partial charge in [0.2, 0.25) is 0 Å². The number of hydrogen-bond donors (Lipinski definition) is 0. The molecule has 1 spiro atoms. The average Bonchev–Trinajstić information content (AvgIpc) is 1.51. The molecule has 3 unspecified atom stereocenters. The molecule has 1 aromatic heterocycles. The van der Waals surface area contributed by atoms with E-state index in [0.29, 0.717) is 0 Å². The Balaban J connectivity index is 1.04. The van der Waals surface area contributed by atoms with Crippen molar-refractivity contribution in [1.29, 1.82) is 0 Å². The summed E-state index contributed by atoms with van der Waals surface area (Å²) in [4.78, 5) is 5.01. The van der Waals surface area contributed by atoms with Gasteiger partial charge in [-0.15, -0.1) is 0 Å². The molecule has 15 rings (SSSR count). The topological polar surface area (TPSA) is 19.6 Å². The minimum absolute atomic E-state index is 0.0130. The lowest BCUT2D eigenvalue weighted by atomic mass is 9.64. The van der Waals surface area contributed by atoms with E-state index in [1.54, 1.807) is 0 Å². The zero-order valence-electron chi connectivity index (χ0n) is 49.2. The van der Waals surface area contributed by atoms with E-state index in [2.05, 4.69) is 320 Å². The van der Waals surface area contributed by atoms with Crippen LogP contribution in [-0.2, 0) is 16.2 Å². The van der Waals surface area contributed by atoms with Gasteiger partial charge in [-0.05, 0) is 181 Å². The highest BCUT2D eigenvalue weighted by atomic mass is 16.3. The number of nitrogens with zero attached hydrogens (tertiary/aromatic N) is 2. The molecule has 0 saturated heterocycles. The van der Waals surface area contributed by atoms with Gasteiger partial charge in [0.15, 0.2) is 0 Å². The first-order valence-corrected chi connectivity index (χ1v) is 29.9. The number of benzene rings is 11. The molecule has 3 aliphatic carbocycles. The predicted octanol–water partition coefficient (Wildman–Crippen LogP) is 22.4. The summed E-state index contributed by atoms with van der Waals surface area (Å²) in [5.74, 6) is 0.201. The van der Waals surface area contributed by atoms with Crippen molar-refractivity contribution in [3.63, 3.8) is 0 Å². The van der Waals surface area contributed by atoms with Crippen molar-refractivity contribution >= 4 is 66.8 Å². The number of furan rings is 1. The molecular weight excluding hydrogens is 1020 g/mol. The maximum absolute atomic E-state index is 7.18. The third kappa shape index (κ3) is 8.07. The van der Waals surface area contributed by atoms with E-state index in [-0.39, 0.29) is 22.7 Å². The molecule has 0 bridgehead atoms. The molecule has 84 heavy (non-hydrogen) atoms. The Kier molecular flexibility index (Phi) is 11.8. The predicted molar refractivity (Wildman–Crippen MR) is 355 cm³/mol. The van der Waals surface area contributed by atoms with Gasteiger partial charge in [0.05, 0.1) is 11.1 Å². The van der Waals surface area contributed by atoms with Crippen LogP contribution in [0.25, 0.3) is 66.1 Å². The van der Waals surface area contributed by atoms with Gasteiger partial charge < -0.3 is 14.2 Å². The van der Waals surface area contributed by atoms with Crippen molar-refractivity contribution in [2.45, 2.75) is 77.6 Å². The van der Waals surface area contributed by atoms with Crippen LogP contribution in [0.15, 0.2) is 259 Å². The van der Waals surface area contributed by atoms with Crippen molar-refractivity contribution in [3.8, 4) is 33.4 Å². The third-order valence-corrected chi connectivity index (χ3v) is 18.7. The molecule has 0 aliphatic heterocycles. The van der Waals surface area contributed by atoms with Crippen LogP contribution in [-0.4, -0.2) is 0 Å². The van der Waals surface area contributed by atoms with Gasteiger partial charge in [0, 0.05) is 68.2 Å². The SMILES string of the molecule is Cc1ccc(N(c2ccc(C(C)(C)C)cc2)c2ccc3cc4c(cc3c2)C2(c3ccccc3C3C=CC=CC32)c2c(N(c3ccc(C(C)(C)C)cc3)c3ccc(C)c(-c5ccccc5)c3)cc3oc5ccccc5c3c2-4)cc1-c1ccccc1. The highest BCUT2D eigenvalue weighted by Crippen LogP contribution is 2.69. The molecule has 3 aliphatic rings. The van der Waals surface area contributed by atoms with Crippen molar-refractivity contribution in [3.05, 3.63) is 299 Å². The van der Waals surface area contributed by atoms with Gasteiger partial charge in [0.1, 0.15) is 11.2 Å². The van der Waals surface area contributed by atoms with Crippen molar-refractivity contribution in [2.75, 3.05) is 9.80 Å². The Morgan fingerprint density at radius 3 is 1.60 bits per heavy atom. The third-order valence-electron chi connectivity index (χ3n) is 18.7. The normalized spacial score (nSPS) is 16.8. The molecule has 0 N–H and O–H groups in total. The van der Waals surface area contributed by atoms with Crippen LogP contribution in [0.2, 0.25) is 0 Å². The molecule has 0 saturated carbocycles. The summed E-state index contributed by atoms with van der Waals surface area (Å²) >= 11 is 0. The van der Waals surface area contributed by atoms with Crippen LogP contribution in [0.3, 0.4) is 0 Å². The van der Waals surface area contributed by atoms with Crippen molar-refractivity contribution in [2.24, 2.45) is 5.92 Å². The molecule has 408 valence electrons. The van der Waals surface area contributed by atoms with Crippen molar-refractivity contribution < 1.29 is 4.42 Å². The molecule has 11 aromatic carbocycles. The van der Waals surface area contributed by atoms with Gasteiger partial charge in [-0.1, -0.05) is 211 Å². The number of fused-ring (bicyclic) bond motifs is 15. The summed E-state index contributed by atoms with van der Waals surface area (Å²) in [5.41, 5.74) is 25.5. The molecule has 3 nitrogen and oxygen atoms in total. The first-order valence-electron chi connectivity index (χ1n) is 29.9. The summed E-state index contributed by atoms with van der Waals surface area (Å²) in [6, 6.07) is 86.9. The van der Waals surface area contributed by atoms with E-state index in [0.717, 1.165) is 56.1 Å². The molecule has 0 fully saturated rings. The molecule has 3 heteroatoms. The van der Waals surface area contributed by atoms with E-state index in [1.165, 1.54) is 88.7 Å². The quantitative estimate of drug-likeness (QED) is 0.151. The Labute approximate surface area is 494 Å². The maximum atomic E-state index is 7.18. The Bertz CT molecular complexity index is 4640. The molecule has 1 heterocycles. The summed E-state index contributed by atoms with van der Waals surface area (Å²) < 4.78 is 7.18. The monoisotopic (exact) mass is 1080 g/mol. The summed E-state index contributed by atoms with van der Waals surface area (Å²) in [6.07, 6.45) is 9.56. The van der Waals surface area contributed by atoms with Crippen LogP contribution >= 0.6 is 0 Å². The molecule has 12 aromatic rings. The van der Waals surface area contributed by atoms with Crippen molar-refractivity contribution in [1.82, 2.24) is 0 Å². The van der Waals surface area contributed by atoms with E-state index >= 15 is 0 Å². The first kappa shape index (κ1) is 51.4. The largest absolute Gasteiger partial charge is 0.456 e. The van der Waals surface area contributed by atoms with E-state index in [1.807, 2.05) is 0 Å². The van der Waals surface area contributed by atoms with Crippen LogP contribution < -0.4 is 9.80 Å². The molecular formula is C81H68N2O. The van der Waals surface area contributed by atoms with Crippen LogP contribution in [0.5, 0.6) is 0 Å². The zero-order chi connectivity index (χ0) is 57.2. The Morgan fingerprint density at radius 2 is 0.952 bits per heavy atom. The smallest absolute Gasteiger partial charge is 0.138 e. The van der Waals surface area contributed by atoms with Crippen LogP contribution in [0, 0.1) is 19.8 Å². The maximum Gasteiger partial charge on any atom is 0.138 e. The van der Waals surface area contributed by atoms with E-state index in [9.17, 15) is 0 Å². The lowest BCUT2D eigenvalue weighted by Crippen LogP contribution is -2.34. The number of rotatable bonds is 8. The Morgan fingerprint density at radius 1 is 0.417 bits per heavy atom. The number of para-hydroxylation sites is 1. The highest BCUT2D eigenvalue weighted by molar-refractivity contribution is 6.19. The minimum atomic E-state index is -0.639. The van der Waals surface area contributed by atoms with Gasteiger partial charge in [0.25, 0.3) is 0 Å². The molecule has 0 amide bonds. The second-order valence-electron chi connectivity index (χ2n) is 25.8. The minimum Gasteiger partial charge on any atom is -0.456 e. The fourth-order valence-electron chi connectivity index (χ4n) is 14.5. The number of hydrogen-bond acceptors (Lipinski definition) is 3. The fourth-order valence-corrected chi connectivity index (χ4v) is 14.5. The average molecular weight is 1090 g/mol. The zero-order valence-corrected chi connectivity index (χ0v) is 49.2. The first-order chi connectivity index (χ1) is 40.7. The Hall–Kier alpha value is -9.44. The van der Waals surface area contributed by atoms with E-state index < -0.39 is 5.41 Å². The van der Waals surface area contributed by atoms with Gasteiger partial charge in [-0.2, -0.15) is 0 Å². The van der Waals surface area contributed by atoms with Crippen LogP contribution in [0.4, 0.5) is 34.1 Å². The highest BCUT2D eigenvalue weighted by Gasteiger charge is 2.59. The van der Waals surface area contributed by atoms with Gasteiger partial charge >= 0.3 is 0 Å². The molecule has 3 atom stereocenters. The fraction of sp³-hybridized carbons (Fsp3) is 0.160. The lowest BCUT2D eigenvalue weighted by Gasteiger charge is -2.39. The van der Waals surface area contributed by atoms with Crippen LogP contribution in [0.1, 0.15) is 92.0 Å². The number of anilines is 6. The second kappa shape index (κ2) is 19.3. The summed E-state index contributed by atoms with van der Waals surface area (Å²) in [6.45, 7) is 18.2. The number of aryl methyl sites for hydroxylation is 2. The number of allylic oxidation sites excluding steroid dienone is 4. The standard InChI is InChI=1S/C81H68N2O/c1-51-31-38-62(48-67(51)53-21-11-9-12-22-53)82(59-41-34-57(35-42-59)79(3,4)5)61-40-33-55-46-69-72(47-56(55)45-61)81(70-28-18-15-25-64(70)65-26-16-19-29-71(65)81)78-73(50-75-76(77(69)78)66-27-17-20-30-74(66)84-75)83(60-43-36-58(37-44-60)80(6,7)8)63-39-32-52(2)68(49-63)54-23-13-10-14-24-54/h9-50,64,70H,1-8H3. The summed E-state index contributed by atoms with van der Waals surface area (Å²) in [7, 11) is 0. The van der Waals surface area contributed by atoms with Gasteiger partial charge in [-0.25, -0.2) is 0 Å². The lowest BCUT2D eigenvalue weighted by molar-refractivity contribution is 0.466. The summed E-state index contributed by atoms with van der Waals surface area (Å²) in [5, 5.41) is 4.66. The second-order valence-corrected chi connectivity index (χ2v) is 25.8. The molecule has 0 radical (unpaired) electrons. The van der Waals surface area contributed by atoms with Gasteiger partial charge in [-0.3, -0.25) is 0 Å².